The number of hydrogen-bond donors (Lipinski definition) is 0. The number of hydrogen-bond acceptors (Lipinski definition) is 4. The third kappa shape index (κ3) is 4.14. The van der Waals surface area contributed by atoms with E-state index in [9.17, 15) is 9.59 Å². The third-order valence-electron chi connectivity index (χ3n) is 8.14. The predicted molar refractivity (Wildman–Crippen MR) is 147 cm³/mol. The number of amides is 2. The average Bonchev–Trinajstić information content (AvgIpc) is 3.40. The van der Waals surface area contributed by atoms with Crippen LogP contribution in [0.5, 0.6) is 0 Å². The van der Waals surface area contributed by atoms with Crippen molar-refractivity contribution < 1.29 is 9.59 Å². The molecule has 194 valence electrons. The highest BCUT2D eigenvalue weighted by atomic mass is 16.2. The Labute approximate surface area is 219 Å². The summed E-state index contributed by atoms with van der Waals surface area (Å²) < 4.78 is 2.02. The molecular weight excluding hydrogens is 462 g/mol. The summed E-state index contributed by atoms with van der Waals surface area (Å²) in [5, 5.41) is 0. The molecule has 1 aliphatic carbocycles. The summed E-state index contributed by atoms with van der Waals surface area (Å²) in [6.45, 7) is 9.94. The molecule has 3 heterocycles. The van der Waals surface area contributed by atoms with Gasteiger partial charge in [-0.2, -0.15) is 0 Å². The summed E-state index contributed by atoms with van der Waals surface area (Å²) in [4.78, 5) is 39.1. The highest BCUT2D eigenvalue weighted by Gasteiger charge is 2.50. The minimum absolute atomic E-state index is 0. The Hall–Kier alpha value is -3.48. The molecule has 1 saturated heterocycles. The molecule has 2 amide bonds. The van der Waals surface area contributed by atoms with Crippen molar-refractivity contribution in [2.24, 2.45) is 23.4 Å². The van der Waals surface area contributed by atoms with Crippen LogP contribution in [-0.2, 0) is 16.6 Å². The lowest BCUT2D eigenvalue weighted by Gasteiger charge is -2.42. The van der Waals surface area contributed by atoms with Gasteiger partial charge < -0.3 is 9.47 Å². The van der Waals surface area contributed by atoms with E-state index in [4.69, 9.17) is 4.99 Å². The monoisotopic (exact) mass is 499 g/mol. The van der Waals surface area contributed by atoms with Crippen LogP contribution in [-0.4, -0.2) is 62.2 Å². The van der Waals surface area contributed by atoms with Crippen molar-refractivity contribution in [3.05, 3.63) is 53.9 Å². The molecule has 0 unspecified atom stereocenters. The lowest BCUT2D eigenvalue weighted by atomic mass is 9.94. The summed E-state index contributed by atoms with van der Waals surface area (Å²) in [5.74, 6) is 1.33. The molecule has 2 aromatic carbocycles. The summed E-state index contributed by atoms with van der Waals surface area (Å²) >= 11 is 0. The lowest BCUT2D eigenvalue weighted by molar-refractivity contribution is -0.143. The second-order valence-electron chi connectivity index (χ2n) is 11.6. The summed E-state index contributed by atoms with van der Waals surface area (Å²) in [5.41, 5.74) is 5.44. The maximum Gasteiger partial charge on any atom is 0.255 e. The molecule has 37 heavy (non-hydrogen) atoms. The fourth-order valence-electron chi connectivity index (χ4n) is 5.48. The van der Waals surface area contributed by atoms with Gasteiger partial charge in [0.05, 0.1) is 17.4 Å². The first-order valence-electron chi connectivity index (χ1n) is 12.8. The number of aromatic nitrogens is 2. The predicted octanol–water partition coefficient (Wildman–Crippen LogP) is 4.81. The minimum Gasteiger partial charge on any atom is -0.341 e. The van der Waals surface area contributed by atoms with E-state index >= 15 is 0 Å². The number of rotatable bonds is 5. The van der Waals surface area contributed by atoms with Crippen LogP contribution in [0.1, 0.15) is 52.2 Å². The van der Waals surface area contributed by atoms with Gasteiger partial charge in [0.1, 0.15) is 11.4 Å². The number of likely N-dealkylation sites (tertiary alicyclic amines) is 1. The SMILES string of the molecule is C.Cc1cc(-c2ccc3c(c2)ncn3C)ccc1C1=NC(C)(C)C(=O)N1CC1CN(C(=O)C2(C)CC2)C1. The Kier molecular flexibility index (Phi) is 5.81. The molecule has 2 aliphatic heterocycles. The van der Waals surface area contributed by atoms with Crippen molar-refractivity contribution in [3.8, 4) is 11.1 Å². The molecule has 7 nitrogen and oxygen atoms in total. The summed E-state index contributed by atoms with van der Waals surface area (Å²) in [7, 11) is 2.00. The highest BCUT2D eigenvalue weighted by molar-refractivity contribution is 6.15. The quantitative estimate of drug-likeness (QED) is 0.506. The molecule has 7 heteroatoms. The molecule has 0 spiro atoms. The van der Waals surface area contributed by atoms with Gasteiger partial charge in [-0.3, -0.25) is 19.5 Å². The van der Waals surface area contributed by atoms with Crippen LogP contribution in [0.15, 0.2) is 47.7 Å². The van der Waals surface area contributed by atoms with Gasteiger partial charge in [0, 0.05) is 43.6 Å². The van der Waals surface area contributed by atoms with Gasteiger partial charge >= 0.3 is 0 Å². The zero-order chi connectivity index (χ0) is 25.4. The smallest absolute Gasteiger partial charge is 0.255 e. The Morgan fingerprint density at radius 2 is 1.73 bits per heavy atom. The number of nitrogens with zero attached hydrogens (tertiary/aromatic N) is 5. The van der Waals surface area contributed by atoms with Crippen LogP contribution in [0.3, 0.4) is 0 Å². The van der Waals surface area contributed by atoms with E-state index < -0.39 is 5.54 Å². The van der Waals surface area contributed by atoms with Gasteiger partial charge in [0.15, 0.2) is 0 Å². The number of aryl methyl sites for hydroxylation is 2. The van der Waals surface area contributed by atoms with Gasteiger partial charge in [-0.15, -0.1) is 0 Å². The average molecular weight is 500 g/mol. The number of carbonyl (C=O) groups is 2. The van der Waals surface area contributed by atoms with Crippen LogP contribution in [0.4, 0.5) is 0 Å². The minimum atomic E-state index is -0.787. The molecule has 0 atom stereocenters. The molecule has 1 saturated carbocycles. The van der Waals surface area contributed by atoms with Crippen LogP contribution in [0.2, 0.25) is 0 Å². The van der Waals surface area contributed by atoms with Crippen molar-refractivity contribution in [2.75, 3.05) is 19.6 Å². The van der Waals surface area contributed by atoms with E-state index in [0.29, 0.717) is 6.54 Å². The molecule has 0 N–H and O–H groups in total. The fraction of sp³-hybridized carbons (Fsp3) is 0.467. The van der Waals surface area contributed by atoms with Gasteiger partial charge in [-0.05, 0) is 62.4 Å². The van der Waals surface area contributed by atoms with Crippen LogP contribution < -0.4 is 0 Å². The molecule has 1 aromatic heterocycles. The molecule has 3 aliphatic rings. The third-order valence-corrected chi connectivity index (χ3v) is 8.14. The van der Waals surface area contributed by atoms with Crippen LogP contribution >= 0.6 is 0 Å². The number of carbonyl (C=O) groups excluding carboxylic acids is 2. The Bertz CT molecular complexity index is 1440. The number of benzene rings is 2. The van der Waals surface area contributed by atoms with Crippen molar-refractivity contribution in [2.45, 2.75) is 53.5 Å². The molecule has 0 bridgehead atoms. The topological polar surface area (TPSA) is 70.8 Å². The summed E-state index contributed by atoms with van der Waals surface area (Å²) in [6, 6.07) is 12.7. The standard InChI is InChI=1S/C29H33N5O2.CH4/c1-18-12-20(21-7-9-24-23(13-21)30-17-32(24)5)6-8-22(18)25-31-28(2,3)26(35)34(25)16-19-14-33(15-19)27(36)29(4)10-11-29;/h6-9,12-13,17,19H,10-11,14-16H2,1-5H3;1H4. The van der Waals surface area contributed by atoms with E-state index in [1.54, 1.807) is 0 Å². The van der Waals surface area contributed by atoms with Crippen LogP contribution in [0.25, 0.3) is 22.2 Å². The van der Waals surface area contributed by atoms with Crippen molar-refractivity contribution in [3.63, 3.8) is 0 Å². The first-order chi connectivity index (χ1) is 17.1. The van der Waals surface area contributed by atoms with Gasteiger partial charge in [-0.25, -0.2) is 4.98 Å². The normalized spacial score (nSPS) is 20.0. The zero-order valence-corrected chi connectivity index (χ0v) is 21.7. The van der Waals surface area contributed by atoms with Crippen molar-refractivity contribution >= 4 is 28.7 Å². The van der Waals surface area contributed by atoms with E-state index in [0.717, 1.165) is 65.1 Å². The largest absolute Gasteiger partial charge is 0.341 e. The van der Waals surface area contributed by atoms with Crippen LogP contribution in [0, 0.1) is 18.3 Å². The maximum atomic E-state index is 13.3. The van der Waals surface area contributed by atoms with Gasteiger partial charge in [-0.1, -0.05) is 38.6 Å². The van der Waals surface area contributed by atoms with E-state index in [2.05, 4.69) is 55.2 Å². The number of aliphatic imine (C=N–C) groups is 1. The fourth-order valence-corrected chi connectivity index (χ4v) is 5.48. The molecule has 6 rings (SSSR count). The maximum absolute atomic E-state index is 13.3. The number of imidazole rings is 1. The highest BCUT2D eigenvalue weighted by Crippen LogP contribution is 2.47. The molecule has 0 radical (unpaired) electrons. The molecular formula is C30H37N5O2. The Morgan fingerprint density at radius 1 is 1.05 bits per heavy atom. The molecule has 2 fully saturated rings. The van der Waals surface area contributed by atoms with E-state index in [1.165, 1.54) is 0 Å². The van der Waals surface area contributed by atoms with Crippen molar-refractivity contribution in [1.29, 1.82) is 0 Å². The van der Waals surface area contributed by atoms with Crippen molar-refractivity contribution in [1.82, 2.24) is 19.4 Å². The first-order valence-corrected chi connectivity index (χ1v) is 12.8. The second kappa shape index (κ2) is 8.54. The Morgan fingerprint density at radius 3 is 2.41 bits per heavy atom. The number of fused-ring (bicyclic) bond motifs is 1. The molecule has 3 aromatic rings. The Balaban J connectivity index is 0.00000280. The number of amidine groups is 1. The second-order valence-corrected chi connectivity index (χ2v) is 11.6. The zero-order valence-electron chi connectivity index (χ0n) is 21.7. The van der Waals surface area contributed by atoms with E-state index in [1.807, 2.05) is 41.6 Å². The first kappa shape index (κ1) is 25.2. The van der Waals surface area contributed by atoms with Gasteiger partial charge in [0.2, 0.25) is 5.91 Å². The van der Waals surface area contributed by atoms with Gasteiger partial charge in [0.25, 0.3) is 5.91 Å². The lowest BCUT2D eigenvalue weighted by Crippen LogP contribution is -2.56. The van der Waals surface area contributed by atoms with E-state index in [-0.39, 0.29) is 30.6 Å². The summed E-state index contributed by atoms with van der Waals surface area (Å²) in [6.07, 6.45) is 3.82.